The van der Waals surface area contributed by atoms with Crippen molar-refractivity contribution in [1.82, 2.24) is 19.8 Å². The summed E-state index contributed by atoms with van der Waals surface area (Å²) in [6.45, 7) is 8.03. The van der Waals surface area contributed by atoms with Gasteiger partial charge < -0.3 is 9.32 Å². The minimum absolute atomic E-state index is 0.385. The number of aromatic nitrogens is 3. The normalized spacial score (nSPS) is 16.9. The zero-order chi connectivity index (χ0) is 15.0. The molecule has 6 nitrogen and oxygen atoms in total. The van der Waals surface area contributed by atoms with Gasteiger partial charge in [0.15, 0.2) is 5.01 Å². The maximum absolute atomic E-state index is 5.63. The molecule has 0 unspecified atom stereocenters. The molecule has 0 aromatic carbocycles. The van der Waals surface area contributed by atoms with E-state index in [2.05, 4.69) is 40.9 Å². The molecule has 0 bridgehead atoms. The average molecular weight is 325 g/mol. The van der Waals surface area contributed by atoms with Crippen LogP contribution in [0.4, 0.5) is 0 Å². The van der Waals surface area contributed by atoms with Gasteiger partial charge in [0.2, 0.25) is 0 Å². The van der Waals surface area contributed by atoms with Crippen molar-refractivity contribution in [3.63, 3.8) is 0 Å². The first-order valence-corrected chi connectivity index (χ1v) is 8.33. The number of piperazine rings is 1. The predicted molar refractivity (Wildman–Crippen MR) is 86.0 cm³/mol. The van der Waals surface area contributed by atoms with Gasteiger partial charge in [0, 0.05) is 31.6 Å². The molecule has 0 radical (unpaired) electrons. The van der Waals surface area contributed by atoms with Crippen LogP contribution in [0.5, 0.6) is 0 Å². The number of thiazole rings is 1. The highest BCUT2D eigenvalue weighted by Crippen LogP contribution is 2.25. The average Bonchev–Trinajstić information content (AvgIpc) is 3.06. The lowest BCUT2D eigenvalue weighted by molar-refractivity contribution is 0.277. The molecule has 0 amide bonds. The fourth-order valence-electron chi connectivity index (χ4n) is 2.17. The molecule has 2 aromatic heterocycles. The summed E-state index contributed by atoms with van der Waals surface area (Å²) in [5.41, 5.74) is 1.06. The van der Waals surface area contributed by atoms with Crippen molar-refractivity contribution < 1.29 is 4.42 Å². The summed E-state index contributed by atoms with van der Waals surface area (Å²) in [7, 11) is 2.12. The first-order valence-electron chi connectivity index (χ1n) is 7.04. The Balaban J connectivity index is 1.85. The molecule has 3 rings (SSSR count). The van der Waals surface area contributed by atoms with E-state index in [1.54, 1.807) is 16.1 Å². The van der Waals surface area contributed by atoms with E-state index >= 15 is 0 Å². The molecule has 1 aliphatic heterocycles. The maximum atomic E-state index is 5.63. The molecular weight excluding hydrogens is 306 g/mol. The van der Waals surface area contributed by atoms with Gasteiger partial charge in [-0.2, -0.15) is 0 Å². The highest BCUT2D eigenvalue weighted by atomic mass is 32.1. The Labute approximate surface area is 133 Å². The van der Waals surface area contributed by atoms with Crippen LogP contribution in [0, 0.1) is 4.84 Å². The summed E-state index contributed by atoms with van der Waals surface area (Å²) in [5, 5.41) is 9.46. The van der Waals surface area contributed by atoms with Gasteiger partial charge in [-0.05, 0) is 25.2 Å². The number of hydrogen-bond donors (Lipinski definition) is 0. The molecule has 0 atom stereocenters. The van der Waals surface area contributed by atoms with Gasteiger partial charge >= 0.3 is 4.84 Å². The standard InChI is InChI=1S/C13H19N5OS2/c1-9(2)10-8-21-12(14-10)11-15-18(13(20)19-11)17-6-4-16(3)5-7-17/h8-9H,4-7H2,1-3H3. The highest BCUT2D eigenvalue weighted by Gasteiger charge is 2.20. The molecule has 0 aliphatic carbocycles. The predicted octanol–water partition coefficient (Wildman–Crippen LogP) is 2.34. The zero-order valence-electron chi connectivity index (χ0n) is 12.4. The van der Waals surface area contributed by atoms with Crippen molar-refractivity contribution in [3.8, 4) is 10.9 Å². The highest BCUT2D eigenvalue weighted by molar-refractivity contribution is 7.71. The Morgan fingerprint density at radius 3 is 2.62 bits per heavy atom. The summed E-state index contributed by atoms with van der Waals surface area (Å²) in [4.78, 5) is 8.94. The molecular formula is C13H19N5OS2. The van der Waals surface area contributed by atoms with Crippen LogP contribution in [-0.2, 0) is 0 Å². The van der Waals surface area contributed by atoms with Crippen LogP contribution in [0.1, 0.15) is 25.5 Å². The largest absolute Gasteiger partial charge is 0.405 e. The molecule has 3 heterocycles. The Kier molecular flexibility index (Phi) is 4.10. The van der Waals surface area contributed by atoms with Gasteiger partial charge in [-0.3, -0.25) is 5.01 Å². The van der Waals surface area contributed by atoms with Crippen molar-refractivity contribution >= 4 is 23.6 Å². The Hall–Kier alpha value is -1.25. The van der Waals surface area contributed by atoms with Gasteiger partial charge in [0.25, 0.3) is 5.89 Å². The summed E-state index contributed by atoms with van der Waals surface area (Å²) in [6, 6.07) is 0. The fraction of sp³-hybridized carbons (Fsp3) is 0.615. The summed E-state index contributed by atoms with van der Waals surface area (Å²) in [6.07, 6.45) is 0. The third kappa shape index (κ3) is 3.02. The molecule has 1 aliphatic rings. The molecule has 0 saturated carbocycles. The van der Waals surface area contributed by atoms with Crippen LogP contribution in [0.25, 0.3) is 10.9 Å². The molecule has 1 saturated heterocycles. The third-order valence-corrected chi connectivity index (χ3v) is 4.67. The molecule has 114 valence electrons. The Bertz CT molecular complexity index is 666. The third-order valence-electron chi connectivity index (χ3n) is 3.58. The van der Waals surface area contributed by atoms with E-state index in [-0.39, 0.29) is 0 Å². The van der Waals surface area contributed by atoms with E-state index in [0.717, 1.165) is 36.9 Å². The Morgan fingerprint density at radius 1 is 1.29 bits per heavy atom. The van der Waals surface area contributed by atoms with Gasteiger partial charge in [-0.1, -0.05) is 13.8 Å². The molecule has 0 spiro atoms. The SMILES string of the molecule is CC(C)c1csc(-c2nn(N3CCN(C)CC3)c(=S)o2)n1. The lowest BCUT2D eigenvalue weighted by Crippen LogP contribution is -2.50. The van der Waals surface area contributed by atoms with Crippen molar-refractivity contribution in [3.05, 3.63) is 15.9 Å². The van der Waals surface area contributed by atoms with E-state index in [4.69, 9.17) is 16.6 Å². The molecule has 8 heteroatoms. The van der Waals surface area contributed by atoms with Crippen LogP contribution >= 0.6 is 23.6 Å². The van der Waals surface area contributed by atoms with E-state index < -0.39 is 0 Å². The van der Waals surface area contributed by atoms with E-state index in [0.29, 0.717) is 16.6 Å². The van der Waals surface area contributed by atoms with Crippen LogP contribution in [0.2, 0.25) is 0 Å². The number of likely N-dealkylation sites (N-methyl/N-ethyl adjacent to an activating group) is 1. The van der Waals surface area contributed by atoms with E-state index in [1.165, 1.54) is 0 Å². The summed E-state index contributed by atoms with van der Waals surface area (Å²) in [5.74, 6) is 0.911. The quantitative estimate of drug-likeness (QED) is 0.807. The van der Waals surface area contributed by atoms with E-state index in [9.17, 15) is 0 Å². The number of hydrogen-bond acceptors (Lipinski definition) is 7. The van der Waals surface area contributed by atoms with Crippen molar-refractivity contribution in [2.75, 3.05) is 38.2 Å². The van der Waals surface area contributed by atoms with Crippen LogP contribution in [0.15, 0.2) is 9.80 Å². The molecule has 2 aromatic rings. The minimum Gasteiger partial charge on any atom is -0.405 e. The number of rotatable bonds is 3. The van der Waals surface area contributed by atoms with Gasteiger partial charge in [-0.25, -0.2) is 4.98 Å². The molecule has 1 fully saturated rings. The zero-order valence-corrected chi connectivity index (χ0v) is 14.1. The van der Waals surface area contributed by atoms with Gasteiger partial charge in [0.1, 0.15) is 0 Å². The maximum Gasteiger partial charge on any atom is 0.307 e. The second kappa shape index (κ2) is 5.86. The number of nitrogens with zero attached hydrogens (tertiary/aromatic N) is 5. The first kappa shape index (κ1) is 14.7. The van der Waals surface area contributed by atoms with Crippen molar-refractivity contribution in [2.45, 2.75) is 19.8 Å². The smallest absolute Gasteiger partial charge is 0.307 e. The molecule has 0 N–H and O–H groups in total. The lowest BCUT2D eigenvalue weighted by Gasteiger charge is -2.32. The van der Waals surface area contributed by atoms with Crippen molar-refractivity contribution in [1.29, 1.82) is 0 Å². The second-order valence-electron chi connectivity index (χ2n) is 5.55. The monoisotopic (exact) mass is 325 g/mol. The minimum atomic E-state index is 0.385. The van der Waals surface area contributed by atoms with E-state index in [1.807, 2.05) is 5.38 Å². The van der Waals surface area contributed by atoms with Crippen LogP contribution < -0.4 is 5.01 Å². The Morgan fingerprint density at radius 2 is 2.00 bits per heavy atom. The van der Waals surface area contributed by atoms with Gasteiger partial charge in [-0.15, -0.1) is 21.2 Å². The van der Waals surface area contributed by atoms with Crippen LogP contribution in [0.3, 0.4) is 0 Å². The lowest BCUT2D eigenvalue weighted by atomic mass is 10.2. The summed E-state index contributed by atoms with van der Waals surface area (Å²) < 4.78 is 5.63. The molecule has 21 heavy (non-hydrogen) atoms. The van der Waals surface area contributed by atoms with Crippen molar-refractivity contribution in [2.24, 2.45) is 0 Å². The topological polar surface area (TPSA) is 50.3 Å². The fourth-order valence-corrected chi connectivity index (χ4v) is 3.30. The summed E-state index contributed by atoms with van der Waals surface area (Å²) >= 11 is 6.84. The second-order valence-corrected chi connectivity index (χ2v) is 6.76. The van der Waals surface area contributed by atoms with Crippen LogP contribution in [-0.4, -0.2) is 53.0 Å². The first-order chi connectivity index (χ1) is 10.0. The van der Waals surface area contributed by atoms with Gasteiger partial charge in [0.05, 0.1) is 5.69 Å².